The largest absolute Gasteiger partial charge is 0.395 e. The molecule has 0 aromatic heterocycles. The van der Waals surface area contributed by atoms with Crippen molar-refractivity contribution in [2.75, 3.05) is 26.2 Å². The van der Waals surface area contributed by atoms with Crippen LogP contribution in [0.15, 0.2) is 0 Å². The van der Waals surface area contributed by atoms with Crippen molar-refractivity contribution in [1.29, 1.82) is 0 Å². The molecule has 3 nitrogen and oxygen atoms in total. The molecule has 0 saturated heterocycles. The lowest BCUT2D eigenvalue weighted by atomic mass is 9.79. The monoisotopic (exact) mass is 215 g/mol. The van der Waals surface area contributed by atoms with Crippen LogP contribution in [-0.4, -0.2) is 47.0 Å². The quantitative estimate of drug-likeness (QED) is 0.725. The van der Waals surface area contributed by atoms with E-state index in [-0.39, 0.29) is 6.61 Å². The van der Waals surface area contributed by atoms with E-state index in [2.05, 4.69) is 18.7 Å². The van der Waals surface area contributed by atoms with Crippen LogP contribution in [0.25, 0.3) is 0 Å². The molecule has 1 rings (SSSR count). The summed E-state index contributed by atoms with van der Waals surface area (Å²) in [6, 6.07) is 0. The van der Waals surface area contributed by atoms with Gasteiger partial charge in [0, 0.05) is 13.1 Å². The average molecular weight is 215 g/mol. The van der Waals surface area contributed by atoms with Crippen molar-refractivity contribution < 1.29 is 10.2 Å². The van der Waals surface area contributed by atoms with Gasteiger partial charge in [0.2, 0.25) is 0 Å². The number of aliphatic hydroxyl groups excluding tert-OH is 1. The van der Waals surface area contributed by atoms with Crippen molar-refractivity contribution >= 4 is 0 Å². The molecule has 0 unspecified atom stereocenters. The third-order valence-electron chi connectivity index (χ3n) is 3.59. The van der Waals surface area contributed by atoms with Gasteiger partial charge in [-0.1, -0.05) is 13.8 Å². The lowest BCUT2D eigenvalue weighted by Gasteiger charge is -2.38. The van der Waals surface area contributed by atoms with E-state index in [4.69, 9.17) is 5.11 Å². The predicted molar refractivity (Wildman–Crippen MR) is 61.8 cm³/mol. The first-order valence-electron chi connectivity index (χ1n) is 6.15. The molecule has 0 aliphatic heterocycles. The second kappa shape index (κ2) is 5.83. The van der Waals surface area contributed by atoms with Gasteiger partial charge in [-0.3, -0.25) is 4.90 Å². The standard InChI is InChI=1S/C12H25NO2/c1-3-13(8-9-14)10-12(15)6-4-11(2)5-7-12/h11,14-15H,3-10H2,1-2H3. The van der Waals surface area contributed by atoms with E-state index in [1.54, 1.807) is 0 Å². The van der Waals surface area contributed by atoms with Gasteiger partial charge >= 0.3 is 0 Å². The smallest absolute Gasteiger partial charge is 0.0774 e. The molecule has 2 N–H and O–H groups in total. The number of likely N-dealkylation sites (N-methyl/N-ethyl adjacent to an activating group) is 1. The minimum atomic E-state index is -0.502. The van der Waals surface area contributed by atoms with E-state index in [9.17, 15) is 5.11 Å². The van der Waals surface area contributed by atoms with Crippen LogP contribution in [0.5, 0.6) is 0 Å². The molecule has 0 aromatic carbocycles. The molecule has 0 spiro atoms. The molecule has 1 saturated carbocycles. The Balaban J connectivity index is 2.40. The van der Waals surface area contributed by atoms with E-state index in [0.29, 0.717) is 6.54 Å². The molecule has 0 atom stereocenters. The molecular weight excluding hydrogens is 190 g/mol. The first kappa shape index (κ1) is 12.9. The normalized spacial score (nSPS) is 32.2. The SMILES string of the molecule is CCN(CCO)CC1(O)CCC(C)CC1. The first-order valence-corrected chi connectivity index (χ1v) is 6.15. The van der Waals surface area contributed by atoms with Gasteiger partial charge in [-0.2, -0.15) is 0 Å². The zero-order valence-electron chi connectivity index (χ0n) is 10.1. The maximum absolute atomic E-state index is 10.4. The van der Waals surface area contributed by atoms with Gasteiger partial charge in [0.15, 0.2) is 0 Å². The Morgan fingerprint density at radius 2 is 1.93 bits per heavy atom. The average Bonchev–Trinajstić information content (AvgIpc) is 2.22. The van der Waals surface area contributed by atoms with Crippen molar-refractivity contribution in [2.24, 2.45) is 5.92 Å². The van der Waals surface area contributed by atoms with Gasteiger partial charge in [0.25, 0.3) is 0 Å². The maximum Gasteiger partial charge on any atom is 0.0774 e. The van der Waals surface area contributed by atoms with Crippen LogP contribution >= 0.6 is 0 Å². The summed E-state index contributed by atoms with van der Waals surface area (Å²) >= 11 is 0. The van der Waals surface area contributed by atoms with Gasteiger partial charge in [-0.15, -0.1) is 0 Å². The summed E-state index contributed by atoms with van der Waals surface area (Å²) in [5, 5.41) is 19.3. The van der Waals surface area contributed by atoms with E-state index in [1.165, 1.54) is 0 Å². The number of rotatable bonds is 5. The van der Waals surface area contributed by atoms with Crippen LogP contribution in [0.1, 0.15) is 39.5 Å². The Morgan fingerprint density at radius 1 is 1.33 bits per heavy atom. The Morgan fingerprint density at radius 3 is 2.40 bits per heavy atom. The minimum absolute atomic E-state index is 0.181. The summed E-state index contributed by atoms with van der Waals surface area (Å²) < 4.78 is 0. The van der Waals surface area contributed by atoms with Crippen LogP contribution in [-0.2, 0) is 0 Å². The Labute approximate surface area is 93.1 Å². The van der Waals surface area contributed by atoms with Gasteiger partial charge in [0.1, 0.15) is 0 Å². The van der Waals surface area contributed by atoms with E-state index in [0.717, 1.165) is 44.7 Å². The lowest BCUT2D eigenvalue weighted by molar-refractivity contribution is -0.0362. The van der Waals surface area contributed by atoms with Crippen molar-refractivity contribution in [1.82, 2.24) is 4.90 Å². The molecule has 0 heterocycles. The number of hydrogen-bond acceptors (Lipinski definition) is 3. The number of nitrogens with zero attached hydrogens (tertiary/aromatic N) is 1. The summed E-state index contributed by atoms with van der Waals surface area (Å²) in [7, 11) is 0. The summed E-state index contributed by atoms with van der Waals surface area (Å²) in [6.45, 7) is 6.80. The fraction of sp³-hybridized carbons (Fsp3) is 1.00. The van der Waals surface area contributed by atoms with Crippen LogP contribution < -0.4 is 0 Å². The minimum Gasteiger partial charge on any atom is -0.395 e. The highest BCUT2D eigenvalue weighted by Gasteiger charge is 2.32. The molecule has 3 heteroatoms. The number of aliphatic hydroxyl groups is 2. The van der Waals surface area contributed by atoms with Crippen LogP contribution in [0, 0.1) is 5.92 Å². The second-order valence-corrected chi connectivity index (χ2v) is 5.00. The summed E-state index contributed by atoms with van der Waals surface area (Å²) in [6.07, 6.45) is 4.09. The van der Waals surface area contributed by atoms with Gasteiger partial charge in [0.05, 0.1) is 12.2 Å². The first-order chi connectivity index (χ1) is 7.09. The topological polar surface area (TPSA) is 43.7 Å². The molecule has 0 bridgehead atoms. The molecule has 1 fully saturated rings. The molecule has 15 heavy (non-hydrogen) atoms. The third kappa shape index (κ3) is 4.09. The summed E-state index contributed by atoms with van der Waals surface area (Å²) in [4.78, 5) is 2.13. The molecule has 1 aliphatic carbocycles. The zero-order chi connectivity index (χ0) is 11.3. The van der Waals surface area contributed by atoms with Crippen molar-refractivity contribution in [3.05, 3.63) is 0 Å². The highest BCUT2D eigenvalue weighted by Crippen LogP contribution is 2.32. The Kier molecular flexibility index (Phi) is 5.03. The van der Waals surface area contributed by atoms with Crippen LogP contribution in [0.4, 0.5) is 0 Å². The van der Waals surface area contributed by atoms with E-state index >= 15 is 0 Å². The maximum atomic E-state index is 10.4. The second-order valence-electron chi connectivity index (χ2n) is 5.00. The third-order valence-corrected chi connectivity index (χ3v) is 3.59. The van der Waals surface area contributed by atoms with E-state index < -0.39 is 5.60 Å². The highest BCUT2D eigenvalue weighted by atomic mass is 16.3. The predicted octanol–water partition coefficient (Wildman–Crippen LogP) is 1.24. The van der Waals surface area contributed by atoms with Crippen molar-refractivity contribution in [3.63, 3.8) is 0 Å². The highest BCUT2D eigenvalue weighted by molar-refractivity contribution is 4.87. The van der Waals surface area contributed by atoms with Crippen molar-refractivity contribution in [3.8, 4) is 0 Å². The van der Waals surface area contributed by atoms with Gasteiger partial charge < -0.3 is 10.2 Å². The van der Waals surface area contributed by atoms with Gasteiger partial charge in [-0.25, -0.2) is 0 Å². The molecule has 0 aromatic rings. The van der Waals surface area contributed by atoms with Crippen molar-refractivity contribution in [2.45, 2.75) is 45.1 Å². The van der Waals surface area contributed by atoms with Crippen LogP contribution in [0.3, 0.4) is 0 Å². The fourth-order valence-electron chi connectivity index (χ4n) is 2.36. The van der Waals surface area contributed by atoms with E-state index in [1.807, 2.05) is 0 Å². The summed E-state index contributed by atoms with van der Waals surface area (Å²) in [5.41, 5.74) is -0.502. The molecule has 0 amide bonds. The molecular formula is C12H25NO2. The van der Waals surface area contributed by atoms with Crippen LogP contribution in [0.2, 0.25) is 0 Å². The molecule has 0 radical (unpaired) electrons. The Hall–Kier alpha value is -0.120. The molecule has 90 valence electrons. The Bertz CT molecular complexity index is 176. The zero-order valence-corrected chi connectivity index (χ0v) is 10.1. The summed E-state index contributed by atoms with van der Waals surface area (Å²) in [5.74, 6) is 0.762. The van der Waals surface area contributed by atoms with Gasteiger partial charge in [-0.05, 0) is 38.1 Å². The number of hydrogen-bond donors (Lipinski definition) is 2. The fourth-order valence-corrected chi connectivity index (χ4v) is 2.36. The molecule has 1 aliphatic rings. The lowest BCUT2D eigenvalue weighted by Crippen LogP contribution is -2.46.